The number of hydrazine groups is 1. The lowest BCUT2D eigenvalue weighted by Gasteiger charge is -2.46. The Labute approximate surface area is 114 Å². The van der Waals surface area contributed by atoms with Crippen molar-refractivity contribution in [2.24, 2.45) is 11.3 Å². The van der Waals surface area contributed by atoms with E-state index in [4.69, 9.17) is 10.6 Å². The molecule has 0 spiro atoms. The molecule has 1 atom stereocenters. The van der Waals surface area contributed by atoms with Gasteiger partial charge in [-0.25, -0.2) is 15.4 Å². The van der Waals surface area contributed by atoms with E-state index in [1.54, 1.807) is 19.5 Å². The van der Waals surface area contributed by atoms with Crippen molar-refractivity contribution in [3.8, 4) is 0 Å². The van der Waals surface area contributed by atoms with Gasteiger partial charge in [0, 0.05) is 25.1 Å². The lowest BCUT2D eigenvalue weighted by atomic mass is 9.67. The maximum Gasteiger partial charge on any atom is 0.115 e. The topological polar surface area (TPSA) is 73.1 Å². The van der Waals surface area contributed by atoms with Crippen LogP contribution in [0.15, 0.2) is 18.7 Å². The van der Waals surface area contributed by atoms with E-state index in [1.807, 2.05) is 0 Å². The zero-order valence-corrected chi connectivity index (χ0v) is 12.0. The van der Waals surface area contributed by atoms with Gasteiger partial charge < -0.3 is 4.74 Å². The molecule has 5 nitrogen and oxygen atoms in total. The lowest BCUT2D eigenvalue weighted by molar-refractivity contribution is -0.0878. The highest BCUT2D eigenvalue weighted by Crippen LogP contribution is 2.46. The second-order valence-electron chi connectivity index (χ2n) is 6.20. The molecule has 2 rings (SSSR count). The van der Waals surface area contributed by atoms with Crippen molar-refractivity contribution < 1.29 is 4.74 Å². The molecule has 0 bridgehead atoms. The zero-order valence-electron chi connectivity index (χ0n) is 12.0. The standard InChI is InChI=1S/C14H24N4O/c1-13(2)4-6-14(19-3,7-5-13)12(18-15)11-8-16-10-17-9-11/h8-10,12,18H,4-7,15H2,1-3H3. The molecule has 0 aliphatic heterocycles. The van der Waals surface area contributed by atoms with Crippen molar-refractivity contribution in [2.75, 3.05) is 7.11 Å². The van der Waals surface area contributed by atoms with Crippen LogP contribution >= 0.6 is 0 Å². The van der Waals surface area contributed by atoms with E-state index in [0.717, 1.165) is 31.2 Å². The van der Waals surface area contributed by atoms with Gasteiger partial charge >= 0.3 is 0 Å². The number of methoxy groups -OCH3 is 1. The second kappa shape index (κ2) is 5.53. The highest BCUT2D eigenvalue weighted by atomic mass is 16.5. The Hall–Kier alpha value is -1.04. The van der Waals surface area contributed by atoms with E-state index >= 15 is 0 Å². The van der Waals surface area contributed by atoms with Crippen molar-refractivity contribution in [2.45, 2.75) is 51.2 Å². The number of nitrogens with one attached hydrogen (secondary N) is 1. The predicted octanol–water partition coefficient (Wildman–Crippen LogP) is 1.97. The van der Waals surface area contributed by atoms with E-state index in [2.05, 4.69) is 29.2 Å². The summed E-state index contributed by atoms with van der Waals surface area (Å²) in [5.74, 6) is 5.78. The van der Waals surface area contributed by atoms with E-state index in [0.29, 0.717) is 5.41 Å². The minimum Gasteiger partial charge on any atom is -0.376 e. The molecule has 3 N–H and O–H groups in total. The monoisotopic (exact) mass is 264 g/mol. The largest absolute Gasteiger partial charge is 0.376 e. The first-order valence-corrected chi connectivity index (χ1v) is 6.79. The fraction of sp³-hybridized carbons (Fsp3) is 0.714. The second-order valence-corrected chi connectivity index (χ2v) is 6.20. The number of rotatable bonds is 4. The zero-order chi connectivity index (χ0) is 13.9. The van der Waals surface area contributed by atoms with Crippen molar-refractivity contribution in [3.05, 3.63) is 24.3 Å². The summed E-state index contributed by atoms with van der Waals surface area (Å²) >= 11 is 0. The number of nitrogens with two attached hydrogens (primary N) is 1. The molecule has 0 radical (unpaired) electrons. The van der Waals surface area contributed by atoms with Crippen molar-refractivity contribution >= 4 is 0 Å². The molecule has 1 aromatic rings. The Kier molecular flexibility index (Phi) is 4.18. The summed E-state index contributed by atoms with van der Waals surface area (Å²) in [6, 6.07) is -0.0743. The molecule has 19 heavy (non-hydrogen) atoms. The highest BCUT2D eigenvalue weighted by molar-refractivity contribution is 5.16. The van der Waals surface area contributed by atoms with Crippen molar-refractivity contribution in [1.29, 1.82) is 0 Å². The van der Waals surface area contributed by atoms with Crippen LogP contribution in [0, 0.1) is 5.41 Å². The van der Waals surface area contributed by atoms with Gasteiger partial charge in [-0.15, -0.1) is 0 Å². The van der Waals surface area contributed by atoms with Crippen LogP contribution in [-0.4, -0.2) is 22.7 Å². The van der Waals surface area contributed by atoms with Gasteiger partial charge in [-0.3, -0.25) is 5.84 Å². The summed E-state index contributed by atoms with van der Waals surface area (Å²) < 4.78 is 5.88. The quantitative estimate of drug-likeness (QED) is 0.642. The van der Waals surface area contributed by atoms with Crippen LogP contribution in [0.25, 0.3) is 0 Å². The number of nitrogens with zero attached hydrogens (tertiary/aromatic N) is 2. The van der Waals surface area contributed by atoms with Crippen LogP contribution in [-0.2, 0) is 4.74 Å². The van der Waals surface area contributed by atoms with E-state index < -0.39 is 0 Å². The Bertz CT molecular complexity index is 397. The Morgan fingerprint density at radius 3 is 2.26 bits per heavy atom. The molecule has 1 saturated carbocycles. The Balaban J connectivity index is 2.25. The lowest BCUT2D eigenvalue weighted by Crippen LogP contribution is -2.51. The fourth-order valence-corrected chi connectivity index (χ4v) is 2.97. The summed E-state index contributed by atoms with van der Waals surface area (Å²) in [5.41, 5.74) is 3.99. The van der Waals surface area contributed by atoms with E-state index in [1.165, 1.54) is 6.33 Å². The van der Waals surface area contributed by atoms with Crippen molar-refractivity contribution in [3.63, 3.8) is 0 Å². The minimum absolute atomic E-state index is 0.0743. The Morgan fingerprint density at radius 1 is 1.21 bits per heavy atom. The molecule has 1 heterocycles. The summed E-state index contributed by atoms with van der Waals surface area (Å²) in [6.45, 7) is 4.62. The van der Waals surface area contributed by atoms with Crippen LogP contribution in [0.1, 0.15) is 51.1 Å². The molecular formula is C14H24N4O. The molecule has 106 valence electrons. The van der Waals surface area contributed by atoms with Gasteiger partial charge in [0.1, 0.15) is 6.33 Å². The molecular weight excluding hydrogens is 240 g/mol. The van der Waals surface area contributed by atoms with Gasteiger partial charge in [-0.05, 0) is 31.1 Å². The number of aromatic nitrogens is 2. The van der Waals surface area contributed by atoms with Gasteiger partial charge in [-0.1, -0.05) is 13.8 Å². The van der Waals surface area contributed by atoms with E-state index in [9.17, 15) is 0 Å². The molecule has 1 aliphatic carbocycles. The van der Waals surface area contributed by atoms with Crippen LogP contribution in [0.3, 0.4) is 0 Å². The van der Waals surface area contributed by atoms with Crippen LogP contribution in [0.4, 0.5) is 0 Å². The maximum absolute atomic E-state index is 5.88. The molecule has 1 fully saturated rings. The smallest absolute Gasteiger partial charge is 0.115 e. The molecule has 1 unspecified atom stereocenters. The third-order valence-electron chi connectivity index (χ3n) is 4.46. The summed E-state index contributed by atoms with van der Waals surface area (Å²) in [4.78, 5) is 8.16. The van der Waals surface area contributed by atoms with Gasteiger partial charge in [0.2, 0.25) is 0 Å². The van der Waals surface area contributed by atoms with Gasteiger partial charge in [0.05, 0.1) is 11.6 Å². The summed E-state index contributed by atoms with van der Waals surface area (Å²) in [7, 11) is 1.77. The predicted molar refractivity (Wildman–Crippen MR) is 74.1 cm³/mol. The van der Waals surface area contributed by atoms with Crippen LogP contribution in [0.2, 0.25) is 0 Å². The van der Waals surface area contributed by atoms with Crippen LogP contribution in [0.5, 0.6) is 0 Å². The van der Waals surface area contributed by atoms with Gasteiger partial charge in [0.15, 0.2) is 0 Å². The maximum atomic E-state index is 5.88. The third kappa shape index (κ3) is 2.94. The first kappa shape index (κ1) is 14.4. The number of hydrogen-bond acceptors (Lipinski definition) is 5. The summed E-state index contributed by atoms with van der Waals surface area (Å²) in [6.07, 6.45) is 9.37. The SMILES string of the molecule is COC1(C(NN)c2cncnc2)CCC(C)(C)CC1. The average Bonchev–Trinajstić information content (AvgIpc) is 2.43. The number of ether oxygens (including phenoxy) is 1. The minimum atomic E-state index is -0.269. The van der Waals surface area contributed by atoms with Crippen LogP contribution < -0.4 is 11.3 Å². The average molecular weight is 264 g/mol. The Morgan fingerprint density at radius 2 is 1.79 bits per heavy atom. The number of hydrogen-bond donors (Lipinski definition) is 2. The third-order valence-corrected chi connectivity index (χ3v) is 4.46. The first-order valence-electron chi connectivity index (χ1n) is 6.79. The fourth-order valence-electron chi connectivity index (χ4n) is 2.97. The molecule has 1 aromatic heterocycles. The molecule has 0 amide bonds. The summed E-state index contributed by atoms with van der Waals surface area (Å²) in [5, 5.41) is 0. The molecule has 0 saturated heterocycles. The van der Waals surface area contributed by atoms with Gasteiger partial charge in [0.25, 0.3) is 0 Å². The first-order chi connectivity index (χ1) is 9.03. The van der Waals surface area contributed by atoms with E-state index in [-0.39, 0.29) is 11.6 Å². The molecule has 0 aromatic carbocycles. The highest BCUT2D eigenvalue weighted by Gasteiger charge is 2.44. The molecule has 5 heteroatoms. The normalized spacial score (nSPS) is 22.9. The van der Waals surface area contributed by atoms with Gasteiger partial charge in [-0.2, -0.15) is 0 Å². The molecule has 1 aliphatic rings. The van der Waals surface area contributed by atoms with Crippen molar-refractivity contribution in [1.82, 2.24) is 15.4 Å².